The predicted molar refractivity (Wildman–Crippen MR) is 115 cm³/mol. The number of nitrogens with zero attached hydrogens (tertiary/aromatic N) is 4. The van der Waals surface area contributed by atoms with E-state index < -0.39 is 0 Å². The van der Waals surface area contributed by atoms with Gasteiger partial charge in [0.1, 0.15) is 0 Å². The first-order valence-corrected chi connectivity index (χ1v) is 10.2. The summed E-state index contributed by atoms with van der Waals surface area (Å²) >= 11 is 0. The van der Waals surface area contributed by atoms with Crippen molar-refractivity contribution >= 4 is 0 Å². The Balaban J connectivity index is 1.32. The van der Waals surface area contributed by atoms with Crippen LogP contribution in [0.5, 0.6) is 11.5 Å². The van der Waals surface area contributed by atoms with E-state index in [0.717, 1.165) is 49.8 Å². The molecule has 0 amide bonds. The van der Waals surface area contributed by atoms with Crippen LogP contribution in [0.15, 0.2) is 47.0 Å². The molecule has 0 unspecified atom stereocenters. The average molecular weight is 409 g/mol. The van der Waals surface area contributed by atoms with Gasteiger partial charge in [-0.25, -0.2) is 0 Å². The summed E-state index contributed by atoms with van der Waals surface area (Å²) < 4.78 is 16.3. The third-order valence-electron chi connectivity index (χ3n) is 5.56. The molecule has 1 aliphatic heterocycles. The number of methoxy groups -OCH3 is 2. The van der Waals surface area contributed by atoms with E-state index in [9.17, 15) is 0 Å². The van der Waals surface area contributed by atoms with E-state index in [-0.39, 0.29) is 0 Å². The van der Waals surface area contributed by atoms with E-state index in [1.165, 1.54) is 11.1 Å². The van der Waals surface area contributed by atoms with E-state index in [4.69, 9.17) is 14.0 Å². The Morgan fingerprint density at radius 2 is 1.53 bits per heavy atom. The second kappa shape index (κ2) is 9.28. The maximum atomic E-state index is 5.47. The molecule has 3 aromatic rings. The first kappa shape index (κ1) is 20.4. The minimum atomic E-state index is 0.646. The van der Waals surface area contributed by atoms with Crippen molar-refractivity contribution in [2.24, 2.45) is 0 Å². The normalized spacial score (nSPS) is 15.3. The van der Waals surface area contributed by atoms with Gasteiger partial charge in [-0.1, -0.05) is 35.5 Å². The summed E-state index contributed by atoms with van der Waals surface area (Å²) in [5, 5.41) is 4.12. The molecule has 2 aromatic carbocycles. The van der Waals surface area contributed by atoms with Crippen molar-refractivity contribution in [1.29, 1.82) is 0 Å². The van der Waals surface area contributed by atoms with Gasteiger partial charge in [-0.3, -0.25) is 9.80 Å². The molecule has 7 heteroatoms. The molecule has 0 bridgehead atoms. The fourth-order valence-electron chi connectivity index (χ4n) is 3.75. The number of hydrogen-bond acceptors (Lipinski definition) is 7. The van der Waals surface area contributed by atoms with Crippen LogP contribution in [0.25, 0.3) is 11.4 Å². The Morgan fingerprint density at radius 3 is 2.20 bits per heavy atom. The van der Waals surface area contributed by atoms with Gasteiger partial charge >= 0.3 is 0 Å². The fourth-order valence-corrected chi connectivity index (χ4v) is 3.75. The van der Waals surface area contributed by atoms with Gasteiger partial charge in [-0.2, -0.15) is 4.98 Å². The van der Waals surface area contributed by atoms with Crippen LogP contribution < -0.4 is 9.47 Å². The van der Waals surface area contributed by atoms with Crippen LogP contribution in [0.4, 0.5) is 0 Å². The number of ether oxygens (including phenoxy) is 2. The molecule has 0 spiro atoms. The summed E-state index contributed by atoms with van der Waals surface area (Å²) in [6.07, 6.45) is 0. The van der Waals surface area contributed by atoms with Crippen LogP contribution in [0.3, 0.4) is 0 Å². The van der Waals surface area contributed by atoms with Crippen LogP contribution in [0.1, 0.15) is 17.0 Å². The van der Waals surface area contributed by atoms with Crippen molar-refractivity contribution < 1.29 is 14.0 Å². The van der Waals surface area contributed by atoms with Gasteiger partial charge < -0.3 is 14.0 Å². The Bertz CT molecular complexity index is 966. The quantitative estimate of drug-likeness (QED) is 0.594. The molecule has 7 nitrogen and oxygen atoms in total. The monoisotopic (exact) mass is 408 g/mol. The minimum Gasteiger partial charge on any atom is -0.493 e. The van der Waals surface area contributed by atoms with E-state index >= 15 is 0 Å². The third kappa shape index (κ3) is 4.63. The molecule has 0 N–H and O–H groups in total. The highest BCUT2D eigenvalue weighted by atomic mass is 16.5. The average Bonchev–Trinajstić information content (AvgIpc) is 3.25. The van der Waals surface area contributed by atoms with Crippen molar-refractivity contribution in [1.82, 2.24) is 19.9 Å². The second-order valence-electron chi connectivity index (χ2n) is 7.56. The fraction of sp³-hybridized carbons (Fsp3) is 0.391. The Labute approximate surface area is 177 Å². The van der Waals surface area contributed by atoms with Crippen LogP contribution >= 0.6 is 0 Å². The first-order valence-electron chi connectivity index (χ1n) is 10.2. The number of aromatic nitrogens is 2. The third-order valence-corrected chi connectivity index (χ3v) is 5.56. The lowest BCUT2D eigenvalue weighted by molar-refractivity contribution is 0.112. The van der Waals surface area contributed by atoms with Gasteiger partial charge in [0.15, 0.2) is 11.5 Å². The molecule has 1 saturated heterocycles. The molecular weight excluding hydrogens is 380 g/mol. The highest BCUT2D eigenvalue weighted by Gasteiger charge is 2.20. The largest absolute Gasteiger partial charge is 0.493 e. The predicted octanol–water partition coefficient (Wildman–Crippen LogP) is 3.38. The summed E-state index contributed by atoms with van der Waals surface area (Å²) in [6, 6.07) is 14.0. The number of piperazine rings is 1. The second-order valence-corrected chi connectivity index (χ2v) is 7.56. The van der Waals surface area contributed by atoms with Crippen LogP contribution in [-0.4, -0.2) is 60.3 Å². The summed E-state index contributed by atoms with van der Waals surface area (Å²) in [6.45, 7) is 7.63. The number of aryl methyl sites for hydroxylation is 1. The molecule has 0 saturated carbocycles. The molecule has 0 aliphatic carbocycles. The highest BCUT2D eigenvalue weighted by molar-refractivity contribution is 5.53. The zero-order chi connectivity index (χ0) is 20.9. The Morgan fingerprint density at radius 1 is 0.900 bits per heavy atom. The van der Waals surface area contributed by atoms with Gasteiger partial charge in [0, 0.05) is 38.3 Å². The van der Waals surface area contributed by atoms with Gasteiger partial charge in [-0.05, 0) is 30.2 Å². The van der Waals surface area contributed by atoms with Crippen molar-refractivity contribution in [3.8, 4) is 22.9 Å². The Hall–Kier alpha value is -2.90. The minimum absolute atomic E-state index is 0.646. The first-order chi connectivity index (χ1) is 14.7. The number of hydrogen-bond donors (Lipinski definition) is 0. The van der Waals surface area contributed by atoms with Crippen molar-refractivity contribution in [3.63, 3.8) is 0 Å². The van der Waals surface area contributed by atoms with E-state index in [1.54, 1.807) is 14.2 Å². The maximum Gasteiger partial charge on any atom is 0.241 e. The van der Waals surface area contributed by atoms with Crippen molar-refractivity contribution in [2.75, 3.05) is 40.4 Å². The lowest BCUT2D eigenvalue weighted by Crippen LogP contribution is -2.45. The van der Waals surface area contributed by atoms with E-state index in [1.807, 2.05) is 36.4 Å². The highest BCUT2D eigenvalue weighted by Crippen LogP contribution is 2.31. The Kier molecular flexibility index (Phi) is 6.30. The van der Waals surface area contributed by atoms with Crippen molar-refractivity contribution in [2.45, 2.75) is 20.0 Å². The molecule has 1 aliphatic rings. The van der Waals surface area contributed by atoms with Crippen LogP contribution in [-0.2, 0) is 13.1 Å². The summed E-state index contributed by atoms with van der Waals surface area (Å²) in [7, 11) is 3.35. The molecule has 0 atom stereocenters. The summed E-state index contributed by atoms with van der Waals surface area (Å²) in [5.41, 5.74) is 3.46. The van der Waals surface area contributed by atoms with Crippen molar-refractivity contribution in [3.05, 3.63) is 59.5 Å². The molecular formula is C23H28N4O3. The molecule has 1 aromatic heterocycles. The number of rotatable bonds is 7. The van der Waals surface area contributed by atoms with Crippen LogP contribution in [0.2, 0.25) is 0 Å². The molecule has 0 radical (unpaired) electrons. The topological polar surface area (TPSA) is 63.9 Å². The summed E-state index contributed by atoms with van der Waals surface area (Å²) in [4.78, 5) is 9.38. The smallest absolute Gasteiger partial charge is 0.241 e. The lowest BCUT2D eigenvalue weighted by atomic mass is 10.1. The van der Waals surface area contributed by atoms with Gasteiger partial charge in [0.05, 0.1) is 20.8 Å². The molecule has 2 heterocycles. The number of benzene rings is 2. The molecule has 1 fully saturated rings. The van der Waals surface area contributed by atoms with Gasteiger partial charge in [0.2, 0.25) is 11.7 Å². The molecule has 4 rings (SSSR count). The standard InChI is InChI=1S/C23H28N4O3/c1-17-13-20(28-2)21(29-3)14-19(17)15-26-9-11-27(12-10-26)16-22-24-23(25-30-22)18-7-5-4-6-8-18/h4-8,13-14H,9-12,15-16H2,1-3H3. The SMILES string of the molecule is COc1cc(C)c(CN2CCN(Cc3nc(-c4ccccc4)no3)CC2)cc1OC. The van der Waals surface area contributed by atoms with Crippen LogP contribution in [0, 0.1) is 6.92 Å². The van der Waals surface area contributed by atoms with Gasteiger partial charge in [-0.15, -0.1) is 0 Å². The molecule has 158 valence electrons. The lowest BCUT2D eigenvalue weighted by Gasteiger charge is -2.34. The van der Waals surface area contributed by atoms with Gasteiger partial charge in [0.25, 0.3) is 0 Å². The summed E-state index contributed by atoms with van der Waals surface area (Å²) in [5.74, 6) is 2.87. The zero-order valence-electron chi connectivity index (χ0n) is 17.8. The van der Waals surface area contributed by atoms with E-state index in [0.29, 0.717) is 18.3 Å². The van der Waals surface area contributed by atoms with E-state index in [2.05, 4.69) is 32.9 Å². The zero-order valence-corrected chi connectivity index (χ0v) is 17.8. The maximum absolute atomic E-state index is 5.47. The molecule has 30 heavy (non-hydrogen) atoms.